The average Bonchev–Trinajstić information content (AvgIpc) is 3.11. The Hall–Kier alpha value is -2.43. The Morgan fingerprint density at radius 3 is 2.38 bits per heavy atom. The number of amides is 1. The van der Waals surface area contributed by atoms with Crippen LogP contribution in [0.15, 0.2) is 54.6 Å². The third-order valence-electron chi connectivity index (χ3n) is 5.29. The maximum Gasteiger partial charge on any atom is 0.224 e. The number of benzene rings is 2. The van der Waals surface area contributed by atoms with Gasteiger partial charge < -0.3 is 0 Å². The number of fused-ring (bicyclic) bond motifs is 1. The van der Waals surface area contributed by atoms with E-state index in [2.05, 4.69) is 0 Å². The standard InChI is InChI=1S/C24H22ClNO2S/c1-16(27)26(15-17-7-3-2-4-8-17)24-22(20-9-5-6-10-21(20)29-24)23(28)18-11-13-19(25)14-12-18/h2-4,7-8,11-14H,5-6,9-10,15H2,1H3. The summed E-state index contributed by atoms with van der Waals surface area (Å²) in [5, 5.41) is 1.37. The van der Waals surface area contributed by atoms with Gasteiger partial charge in [0.25, 0.3) is 0 Å². The van der Waals surface area contributed by atoms with Crippen molar-refractivity contribution in [3.05, 3.63) is 86.8 Å². The van der Waals surface area contributed by atoms with Gasteiger partial charge in [0.1, 0.15) is 5.00 Å². The highest BCUT2D eigenvalue weighted by Gasteiger charge is 2.30. The van der Waals surface area contributed by atoms with Crippen LogP contribution in [0.3, 0.4) is 0 Å². The van der Waals surface area contributed by atoms with Gasteiger partial charge in [-0.3, -0.25) is 14.5 Å². The monoisotopic (exact) mass is 423 g/mol. The molecule has 1 aliphatic carbocycles. The highest BCUT2D eigenvalue weighted by atomic mass is 35.5. The van der Waals surface area contributed by atoms with E-state index in [0.717, 1.165) is 41.8 Å². The van der Waals surface area contributed by atoms with Crippen molar-refractivity contribution in [3.63, 3.8) is 0 Å². The summed E-state index contributed by atoms with van der Waals surface area (Å²) in [6.45, 7) is 2.02. The summed E-state index contributed by atoms with van der Waals surface area (Å²) in [6.07, 6.45) is 4.05. The highest BCUT2D eigenvalue weighted by Crippen LogP contribution is 2.42. The van der Waals surface area contributed by atoms with Crippen molar-refractivity contribution < 1.29 is 9.59 Å². The zero-order valence-electron chi connectivity index (χ0n) is 16.3. The van der Waals surface area contributed by atoms with E-state index < -0.39 is 0 Å². The first-order valence-electron chi connectivity index (χ1n) is 9.81. The minimum atomic E-state index is -0.0578. The summed E-state index contributed by atoms with van der Waals surface area (Å²) in [6, 6.07) is 16.9. The molecule has 0 N–H and O–H groups in total. The number of nitrogens with zero attached hydrogens (tertiary/aromatic N) is 1. The van der Waals surface area contributed by atoms with Crippen LogP contribution in [-0.2, 0) is 24.2 Å². The van der Waals surface area contributed by atoms with Crippen LogP contribution in [0, 0.1) is 0 Å². The van der Waals surface area contributed by atoms with Gasteiger partial charge in [-0.1, -0.05) is 41.9 Å². The number of carbonyl (C=O) groups is 2. The lowest BCUT2D eigenvalue weighted by Gasteiger charge is -2.21. The minimum Gasteiger partial charge on any atom is -0.299 e. The van der Waals surface area contributed by atoms with E-state index in [0.29, 0.717) is 22.7 Å². The number of hydrogen-bond acceptors (Lipinski definition) is 3. The van der Waals surface area contributed by atoms with Gasteiger partial charge in [0.2, 0.25) is 5.91 Å². The van der Waals surface area contributed by atoms with Crippen molar-refractivity contribution in [1.29, 1.82) is 0 Å². The molecule has 1 heterocycles. The number of aryl methyl sites for hydroxylation is 1. The van der Waals surface area contributed by atoms with Gasteiger partial charge in [-0.2, -0.15) is 0 Å². The number of rotatable bonds is 5. The largest absolute Gasteiger partial charge is 0.299 e. The lowest BCUT2D eigenvalue weighted by molar-refractivity contribution is -0.116. The molecule has 0 saturated heterocycles. The smallest absolute Gasteiger partial charge is 0.224 e. The summed E-state index contributed by atoms with van der Waals surface area (Å²) in [4.78, 5) is 29.1. The molecule has 5 heteroatoms. The van der Waals surface area contributed by atoms with Gasteiger partial charge >= 0.3 is 0 Å². The van der Waals surface area contributed by atoms with Crippen molar-refractivity contribution in [2.45, 2.75) is 39.2 Å². The van der Waals surface area contributed by atoms with E-state index in [1.807, 2.05) is 30.3 Å². The van der Waals surface area contributed by atoms with Gasteiger partial charge in [0, 0.05) is 22.4 Å². The number of halogens is 1. The van der Waals surface area contributed by atoms with E-state index in [4.69, 9.17) is 11.6 Å². The van der Waals surface area contributed by atoms with Crippen molar-refractivity contribution in [2.75, 3.05) is 4.90 Å². The van der Waals surface area contributed by atoms with Crippen LogP contribution in [0.5, 0.6) is 0 Å². The number of carbonyl (C=O) groups excluding carboxylic acids is 2. The predicted molar refractivity (Wildman–Crippen MR) is 119 cm³/mol. The fourth-order valence-corrected chi connectivity index (χ4v) is 5.37. The van der Waals surface area contributed by atoms with Crippen LogP contribution >= 0.6 is 22.9 Å². The van der Waals surface area contributed by atoms with Crippen LogP contribution in [0.1, 0.15) is 51.7 Å². The van der Waals surface area contributed by atoms with Gasteiger partial charge in [0.15, 0.2) is 5.78 Å². The molecule has 3 nitrogen and oxygen atoms in total. The Kier molecular flexibility index (Phi) is 5.84. The predicted octanol–water partition coefficient (Wildman–Crippen LogP) is 6.06. The molecule has 1 aromatic heterocycles. The van der Waals surface area contributed by atoms with Crippen molar-refractivity contribution in [2.24, 2.45) is 0 Å². The SMILES string of the molecule is CC(=O)N(Cc1ccccc1)c1sc2c(c1C(=O)c1ccc(Cl)cc1)CCCC2. The summed E-state index contributed by atoms with van der Waals surface area (Å²) in [7, 11) is 0. The molecule has 29 heavy (non-hydrogen) atoms. The first-order chi connectivity index (χ1) is 14.0. The minimum absolute atomic E-state index is 0.0321. The molecule has 0 spiro atoms. The molecule has 0 aliphatic heterocycles. The summed E-state index contributed by atoms with van der Waals surface area (Å²) in [5.41, 5.74) is 3.46. The van der Waals surface area contributed by atoms with Crippen molar-refractivity contribution >= 4 is 39.6 Å². The molecular weight excluding hydrogens is 402 g/mol. The lowest BCUT2D eigenvalue weighted by Crippen LogP contribution is -2.28. The zero-order valence-corrected chi connectivity index (χ0v) is 17.9. The molecule has 2 aromatic carbocycles. The second kappa shape index (κ2) is 8.52. The maximum absolute atomic E-state index is 13.5. The third kappa shape index (κ3) is 4.14. The Morgan fingerprint density at radius 2 is 1.69 bits per heavy atom. The number of thiophene rings is 1. The fourth-order valence-electron chi connectivity index (χ4n) is 3.81. The van der Waals surface area contributed by atoms with E-state index in [-0.39, 0.29) is 11.7 Å². The first kappa shape index (κ1) is 19.9. The summed E-state index contributed by atoms with van der Waals surface area (Å²) >= 11 is 7.61. The molecule has 0 radical (unpaired) electrons. The van der Waals surface area contributed by atoms with Crippen LogP contribution in [0.4, 0.5) is 5.00 Å². The van der Waals surface area contributed by atoms with E-state index >= 15 is 0 Å². The fraction of sp³-hybridized carbons (Fsp3) is 0.250. The van der Waals surface area contributed by atoms with Crippen LogP contribution in [0.25, 0.3) is 0 Å². The summed E-state index contributed by atoms with van der Waals surface area (Å²) in [5.74, 6) is -0.0898. The molecule has 148 valence electrons. The van der Waals surface area contributed by atoms with Crippen LogP contribution in [0.2, 0.25) is 5.02 Å². The average molecular weight is 424 g/mol. The Morgan fingerprint density at radius 1 is 1.00 bits per heavy atom. The second-order valence-electron chi connectivity index (χ2n) is 7.32. The van der Waals surface area contributed by atoms with E-state index in [1.54, 1.807) is 47.4 Å². The van der Waals surface area contributed by atoms with Gasteiger partial charge in [-0.15, -0.1) is 11.3 Å². The normalized spacial score (nSPS) is 13.0. The molecule has 0 unspecified atom stereocenters. The van der Waals surface area contributed by atoms with Gasteiger partial charge in [-0.25, -0.2) is 0 Å². The van der Waals surface area contributed by atoms with Crippen LogP contribution in [-0.4, -0.2) is 11.7 Å². The Balaban J connectivity index is 1.81. The molecule has 0 fully saturated rings. The number of ketones is 1. The Bertz CT molecular complexity index is 1040. The van der Waals surface area contributed by atoms with Crippen molar-refractivity contribution in [3.8, 4) is 0 Å². The topological polar surface area (TPSA) is 37.4 Å². The lowest BCUT2D eigenvalue weighted by atomic mass is 9.91. The quantitative estimate of drug-likeness (QED) is 0.467. The molecular formula is C24H22ClNO2S. The Labute approximate surface area is 179 Å². The maximum atomic E-state index is 13.5. The summed E-state index contributed by atoms with van der Waals surface area (Å²) < 4.78 is 0. The van der Waals surface area contributed by atoms with E-state index in [9.17, 15) is 9.59 Å². The van der Waals surface area contributed by atoms with E-state index in [1.165, 1.54) is 4.88 Å². The molecule has 1 amide bonds. The second-order valence-corrected chi connectivity index (χ2v) is 8.84. The molecule has 4 rings (SSSR count). The van der Waals surface area contributed by atoms with Gasteiger partial charge in [-0.05, 0) is 61.1 Å². The van der Waals surface area contributed by atoms with Crippen molar-refractivity contribution in [1.82, 2.24) is 0 Å². The zero-order chi connectivity index (χ0) is 20.4. The van der Waals surface area contributed by atoms with Crippen LogP contribution < -0.4 is 4.90 Å². The van der Waals surface area contributed by atoms with Gasteiger partial charge in [0.05, 0.1) is 12.1 Å². The molecule has 0 saturated carbocycles. The molecule has 0 bridgehead atoms. The molecule has 0 atom stereocenters. The number of hydrogen-bond donors (Lipinski definition) is 0. The first-order valence-corrected chi connectivity index (χ1v) is 11.0. The number of anilines is 1. The molecule has 3 aromatic rings. The third-order valence-corrected chi connectivity index (χ3v) is 6.86. The molecule has 1 aliphatic rings. The highest BCUT2D eigenvalue weighted by molar-refractivity contribution is 7.17.